The van der Waals surface area contributed by atoms with Gasteiger partial charge in [-0.25, -0.2) is 0 Å². The van der Waals surface area contributed by atoms with Gasteiger partial charge in [0.15, 0.2) is 0 Å². The number of rotatable bonds is 12. The Morgan fingerprint density at radius 1 is 0.375 bits per heavy atom. The maximum atomic E-state index is 9.76. The topological polar surface area (TPSA) is 321 Å². The Morgan fingerprint density at radius 2 is 0.475 bits per heavy atom. The van der Waals surface area contributed by atoms with Crippen LogP contribution in [-0.2, 0) is 83.1 Å². The maximum absolute atomic E-state index is 9.76. The second-order valence-corrected chi connectivity index (χ2v) is 8.14. The van der Waals surface area contributed by atoms with Crippen LogP contribution in [0.4, 0.5) is 0 Å². The van der Waals surface area contributed by atoms with Gasteiger partial charge in [-0.1, -0.05) is 0 Å². The number of hydrogen-bond acceptors (Lipinski definition) is 20. The van der Waals surface area contributed by atoms with Crippen LogP contribution < -0.4 is 100.0 Å². The Bertz CT molecular complexity index is 681. The van der Waals surface area contributed by atoms with Gasteiger partial charge in [0.2, 0.25) is 0 Å². The third kappa shape index (κ3) is 51.4. The minimum atomic E-state index is -1.50. The van der Waals surface area contributed by atoms with Gasteiger partial charge < -0.3 is 79.2 Å². The first kappa shape index (κ1) is 59.9. The number of carboxylic acids is 8. The number of thiol groups is 4. The molecule has 40 heavy (non-hydrogen) atoms. The largest absolute Gasteiger partial charge is 3.00 e. The molecule has 0 N–H and O–H groups in total. The molecule has 0 spiro atoms. The SMILES string of the molecule is O=C([O-])CC(S)C(=O)[O-].O=C([O-])CC(S)C(=O)[O-].O=C([O-])CC(S)C(=O)[O-].O=C([O-])CC(S)C(=O)[O-].[Au+3].[Au+3].[Na+].[Na+]. The zero-order valence-corrected chi connectivity index (χ0v) is 32.0. The monoisotopic (exact) mass is 1030 g/mol. The maximum Gasteiger partial charge on any atom is 3.00 e. The van der Waals surface area contributed by atoms with Gasteiger partial charge in [0, 0.05) is 70.6 Å². The molecule has 0 aromatic carbocycles. The standard InChI is InChI=1S/4C4H6O4S.2Au.2Na/c4*5-3(6)1-2(9)4(7)8;;;;/h4*2,9H,1H2,(H,5,6)(H,7,8);;;;/q;;;;2*+3;2*+1/p-8. The van der Waals surface area contributed by atoms with Crippen LogP contribution in [0.15, 0.2) is 0 Å². The van der Waals surface area contributed by atoms with E-state index in [0.717, 1.165) is 0 Å². The zero-order valence-electron chi connectivity index (χ0n) is 20.1. The molecule has 224 valence electrons. The summed E-state index contributed by atoms with van der Waals surface area (Å²) in [4.78, 5) is 77.7. The fourth-order valence-electron chi connectivity index (χ4n) is 0.965. The molecule has 0 saturated heterocycles. The van der Waals surface area contributed by atoms with Gasteiger partial charge in [0.05, 0.1) is 23.9 Å². The molecule has 0 radical (unpaired) electrons. The normalized spacial score (nSPS) is 11.3. The Labute approximate surface area is 324 Å². The van der Waals surface area contributed by atoms with Crippen LogP contribution in [0.25, 0.3) is 0 Å². The fourth-order valence-corrected chi connectivity index (χ4v) is 1.56. The zero-order chi connectivity index (χ0) is 29.8. The van der Waals surface area contributed by atoms with Gasteiger partial charge in [-0.2, -0.15) is 50.5 Å². The third-order valence-electron chi connectivity index (χ3n) is 2.53. The predicted octanol–water partition coefficient (Wildman–Crippen LogP) is -17.3. The minimum absolute atomic E-state index is 0. The van der Waals surface area contributed by atoms with E-state index in [0.29, 0.717) is 0 Å². The average Bonchev–Trinajstić information content (AvgIpc) is 2.67. The second-order valence-electron chi connectivity index (χ2n) is 5.64. The van der Waals surface area contributed by atoms with Gasteiger partial charge in [-0.3, -0.25) is 0 Å². The molecular weight excluding hydrogens is 1020 g/mol. The molecule has 0 aromatic heterocycles. The summed E-state index contributed by atoms with van der Waals surface area (Å²) in [6.45, 7) is 0. The van der Waals surface area contributed by atoms with Crippen molar-refractivity contribution in [2.45, 2.75) is 46.7 Å². The second kappa shape index (κ2) is 35.8. The van der Waals surface area contributed by atoms with E-state index < -0.39 is 94.4 Å². The van der Waals surface area contributed by atoms with Crippen molar-refractivity contribution < 1.29 is 183 Å². The quantitative estimate of drug-likeness (QED) is 0.104. The van der Waals surface area contributed by atoms with Crippen LogP contribution in [0.3, 0.4) is 0 Å². The molecule has 0 fully saturated rings. The summed E-state index contributed by atoms with van der Waals surface area (Å²) >= 11 is 13.5. The molecule has 0 bridgehead atoms. The molecule has 0 aromatic rings. The van der Waals surface area contributed by atoms with E-state index in [-0.39, 0.29) is 104 Å². The van der Waals surface area contributed by atoms with Crippen LogP contribution in [0, 0.1) is 0 Å². The molecule has 0 amide bonds. The van der Waals surface area contributed by atoms with Gasteiger partial charge in [-0.15, -0.1) is 0 Å². The summed E-state index contributed by atoms with van der Waals surface area (Å²) in [6, 6.07) is 0. The molecule has 4 atom stereocenters. The van der Waals surface area contributed by atoms with Crippen molar-refractivity contribution in [3.63, 3.8) is 0 Å². The van der Waals surface area contributed by atoms with Gasteiger partial charge in [0.1, 0.15) is 0 Å². The number of hydrogen-bond donors (Lipinski definition) is 4. The van der Waals surface area contributed by atoms with Crippen LogP contribution in [-0.4, -0.2) is 68.8 Å². The van der Waals surface area contributed by atoms with E-state index in [9.17, 15) is 79.2 Å². The van der Waals surface area contributed by atoms with E-state index in [4.69, 9.17) is 0 Å². The minimum Gasteiger partial charge on any atom is -0.550 e. The summed E-state index contributed by atoms with van der Waals surface area (Å²) < 4.78 is 0. The van der Waals surface area contributed by atoms with E-state index in [1.54, 1.807) is 0 Å². The van der Waals surface area contributed by atoms with Crippen LogP contribution in [0.5, 0.6) is 0 Å². The molecular formula is C16H16Au2Na2O16S4. The first-order valence-electron chi connectivity index (χ1n) is 8.50. The number of aliphatic carboxylic acids is 8. The summed E-state index contributed by atoms with van der Waals surface area (Å²) in [6.07, 6.45) is -2.48. The molecule has 0 heterocycles. The van der Waals surface area contributed by atoms with E-state index in [1.165, 1.54) is 0 Å². The first-order valence-corrected chi connectivity index (χ1v) is 10.6. The Balaban J connectivity index is -0.0000000551. The van der Waals surface area contributed by atoms with Gasteiger partial charge in [-0.05, 0) is 0 Å². The van der Waals surface area contributed by atoms with Gasteiger partial charge >= 0.3 is 104 Å². The van der Waals surface area contributed by atoms with E-state index >= 15 is 0 Å². The van der Waals surface area contributed by atoms with Crippen molar-refractivity contribution in [1.29, 1.82) is 0 Å². The smallest absolute Gasteiger partial charge is 0.550 e. The molecule has 16 nitrogen and oxygen atoms in total. The number of carbonyl (C=O) groups is 8. The number of carbonyl (C=O) groups excluding carboxylic acids is 8. The van der Waals surface area contributed by atoms with Gasteiger partial charge in [0.25, 0.3) is 0 Å². The summed E-state index contributed by atoms with van der Waals surface area (Å²) in [5.41, 5.74) is 0. The molecule has 0 aliphatic carbocycles. The first-order chi connectivity index (χ1) is 16.1. The fraction of sp³-hybridized carbons (Fsp3) is 0.500. The Hall–Kier alpha value is 0.641. The summed E-state index contributed by atoms with van der Waals surface area (Å²) in [5, 5.41) is 72.6. The predicted molar refractivity (Wildman–Crippen MR) is 110 cm³/mol. The van der Waals surface area contributed by atoms with Crippen molar-refractivity contribution in [1.82, 2.24) is 0 Å². The Kier molecular flexibility index (Phi) is 53.7. The molecule has 0 saturated carbocycles. The average molecular weight is 1030 g/mol. The van der Waals surface area contributed by atoms with Crippen molar-refractivity contribution in [2.24, 2.45) is 0 Å². The van der Waals surface area contributed by atoms with E-state index in [2.05, 4.69) is 50.5 Å². The van der Waals surface area contributed by atoms with Crippen molar-refractivity contribution >= 4 is 98.3 Å². The summed E-state index contributed by atoms with van der Waals surface area (Å²) in [5.74, 6) is -11.8. The summed E-state index contributed by atoms with van der Waals surface area (Å²) in [7, 11) is 0. The van der Waals surface area contributed by atoms with Crippen LogP contribution >= 0.6 is 50.5 Å². The number of carboxylic acid groups (broad SMARTS) is 8. The molecule has 0 rings (SSSR count). The molecule has 0 aliphatic heterocycles. The molecule has 24 heteroatoms. The molecule has 4 unspecified atom stereocenters. The van der Waals surface area contributed by atoms with Crippen LogP contribution in [0.2, 0.25) is 0 Å². The Morgan fingerprint density at radius 3 is 0.500 bits per heavy atom. The van der Waals surface area contributed by atoms with Crippen molar-refractivity contribution in [3.8, 4) is 0 Å². The van der Waals surface area contributed by atoms with E-state index in [1.807, 2.05) is 0 Å². The van der Waals surface area contributed by atoms with Crippen LogP contribution in [0.1, 0.15) is 25.7 Å². The third-order valence-corrected chi connectivity index (χ3v) is 4.10. The van der Waals surface area contributed by atoms with Crippen molar-refractivity contribution in [3.05, 3.63) is 0 Å². The molecule has 0 aliphatic rings. The van der Waals surface area contributed by atoms with Crippen molar-refractivity contribution in [2.75, 3.05) is 0 Å².